The molecule has 0 aliphatic heterocycles. The maximum absolute atomic E-state index is 12.1. The lowest BCUT2D eigenvalue weighted by molar-refractivity contribution is 0.462. The summed E-state index contributed by atoms with van der Waals surface area (Å²) in [4.78, 5) is 0. The second kappa shape index (κ2) is 6.88. The topological polar surface area (TPSA) is 61.4 Å². The number of nitrogens with zero attached hydrogens (tertiary/aromatic N) is 1. The van der Waals surface area contributed by atoms with Crippen molar-refractivity contribution in [3.05, 3.63) is 29.3 Å². The van der Waals surface area contributed by atoms with Crippen LogP contribution >= 0.6 is 0 Å². The van der Waals surface area contributed by atoms with E-state index in [0.29, 0.717) is 12.2 Å². The molecule has 1 rings (SSSR count). The molecule has 0 aliphatic carbocycles. The summed E-state index contributed by atoms with van der Waals surface area (Å²) in [5.41, 5.74) is 2.81. The van der Waals surface area contributed by atoms with Crippen molar-refractivity contribution in [2.75, 3.05) is 31.9 Å². The quantitative estimate of drug-likeness (QED) is 0.746. The van der Waals surface area contributed by atoms with Gasteiger partial charge < -0.3 is 5.32 Å². The van der Waals surface area contributed by atoms with E-state index in [2.05, 4.69) is 10.0 Å². The Hall–Kier alpha value is -1.11. The van der Waals surface area contributed by atoms with E-state index in [-0.39, 0.29) is 0 Å². The van der Waals surface area contributed by atoms with Crippen LogP contribution in [0.25, 0.3) is 0 Å². The van der Waals surface area contributed by atoms with Crippen LogP contribution < -0.4 is 10.0 Å². The highest BCUT2D eigenvalue weighted by Gasteiger charge is 2.16. The third-order valence-corrected chi connectivity index (χ3v) is 4.56. The van der Waals surface area contributed by atoms with E-state index in [1.54, 1.807) is 13.1 Å². The molecule has 0 aliphatic rings. The predicted molar refractivity (Wildman–Crippen MR) is 79.6 cm³/mol. The van der Waals surface area contributed by atoms with Crippen molar-refractivity contribution in [2.24, 2.45) is 0 Å². The first-order chi connectivity index (χ1) is 8.86. The SMILES string of the molecule is CNCCCN(C)S(=O)(=O)Nc1ccc(C)c(C)c1. The fourth-order valence-electron chi connectivity index (χ4n) is 1.63. The van der Waals surface area contributed by atoms with Crippen molar-refractivity contribution >= 4 is 15.9 Å². The van der Waals surface area contributed by atoms with Gasteiger partial charge in [-0.1, -0.05) is 6.07 Å². The zero-order valence-corrected chi connectivity index (χ0v) is 12.8. The van der Waals surface area contributed by atoms with Crippen LogP contribution in [-0.4, -0.2) is 39.9 Å². The molecule has 0 amide bonds. The van der Waals surface area contributed by atoms with Gasteiger partial charge in [-0.05, 0) is 57.1 Å². The van der Waals surface area contributed by atoms with Crippen LogP contribution in [-0.2, 0) is 10.2 Å². The normalized spacial score (nSPS) is 11.8. The Morgan fingerprint density at radius 2 is 1.89 bits per heavy atom. The standard InChI is InChI=1S/C13H23N3O2S/c1-11-6-7-13(10-12(11)2)15-19(17,18)16(4)9-5-8-14-3/h6-7,10,14-15H,5,8-9H2,1-4H3. The number of rotatable bonds is 7. The van der Waals surface area contributed by atoms with Gasteiger partial charge >= 0.3 is 10.2 Å². The summed E-state index contributed by atoms with van der Waals surface area (Å²) in [6.07, 6.45) is 0.779. The van der Waals surface area contributed by atoms with Crippen LogP contribution in [0.3, 0.4) is 0 Å². The van der Waals surface area contributed by atoms with Gasteiger partial charge in [-0.15, -0.1) is 0 Å². The minimum Gasteiger partial charge on any atom is -0.320 e. The lowest BCUT2D eigenvalue weighted by Gasteiger charge is -2.18. The van der Waals surface area contributed by atoms with Crippen molar-refractivity contribution in [3.63, 3.8) is 0 Å². The molecule has 0 aromatic heterocycles. The summed E-state index contributed by atoms with van der Waals surface area (Å²) in [5.74, 6) is 0. The molecule has 0 saturated carbocycles. The van der Waals surface area contributed by atoms with Gasteiger partial charge in [-0.3, -0.25) is 4.72 Å². The number of nitrogens with one attached hydrogen (secondary N) is 2. The van der Waals surface area contributed by atoms with E-state index in [4.69, 9.17) is 0 Å². The van der Waals surface area contributed by atoms with Gasteiger partial charge in [-0.25, -0.2) is 0 Å². The van der Waals surface area contributed by atoms with Gasteiger partial charge in [0.05, 0.1) is 5.69 Å². The summed E-state index contributed by atoms with van der Waals surface area (Å²) in [6, 6.07) is 5.53. The summed E-state index contributed by atoms with van der Waals surface area (Å²) in [5, 5.41) is 3.00. The molecule has 0 heterocycles. The van der Waals surface area contributed by atoms with Crippen molar-refractivity contribution < 1.29 is 8.42 Å². The minimum atomic E-state index is -3.47. The highest BCUT2D eigenvalue weighted by Crippen LogP contribution is 2.16. The van der Waals surface area contributed by atoms with E-state index in [0.717, 1.165) is 24.1 Å². The maximum Gasteiger partial charge on any atom is 0.301 e. The fraction of sp³-hybridized carbons (Fsp3) is 0.538. The second-order valence-electron chi connectivity index (χ2n) is 4.68. The van der Waals surface area contributed by atoms with E-state index >= 15 is 0 Å². The van der Waals surface area contributed by atoms with Gasteiger partial charge in [0.2, 0.25) is 0 Å². The smallest absolute Gasteiger partial charge is 0.301 e. The highest BCUT2D eigenvalue weighted by molar-refractivity contribution is 7.90. The van der Waals surface area contributed by atoms with E-state index in [1.807, 2.05) is 33.0 Å². The zero-order valence-electron chi connectivity index (χ0n) is 12.0. The first-order valence-corrected chi connectivity index (χ1v) is 7.77. The number of hydrogen-bond donors (Lipinski definition) is 2. The molecule has 6 heteroatoms. The average Bonchev–Trinajstić information content (AvgIpc) is 2.33. The molecule has 2 N–H and O–H groups in total. The first-order valence-electron chi connectivity index (χ1n) is 6.33. The Morgan fingerprint density at radius 1 is 1.21 bits per heavy atom. The average molecular weight is 285 g/mol. The van der Waals surface area contributed by atoms with Crippen molar-refractivity contribution in [2.45, 2.75) is 20.3 Å². The minimum absolute atomic E-state index is 0.487. The van der Waals surface area contributed by atoms with Crippen LogP contribution in [0.5, 0.6) is 0 Å². The predicted octanol–water partition coefficient (Wildman–Crippen LogP) is 1.50. The van der Waals surface area contributed by atoms with Gasteiger partial charge in [-0.2, -0.15) is 12.7 Å². The van der Waals surface area contributed by atoms with Gasteiger partial charge in [0.15, 0.2) is 0 Å². The third-order valence-electron chi connectivity index (χ3n) is 3.06. The lowest BCUT2D eigenvalue weighted by atomic mass is 10.1. The second-order valence-corrected chi connectivity index (χ2v) is 6.46. The molecule has 0 spiro atoms. The summed E-state index contributed by atoms with van der Waals surface area (Å²) >= 11 is 0. The van der Waals surface area contributed by atoms with Crippen LogP contribution in [0.4, 0.5) is 5.69 Å². The Balaban J connectivity index is 2.70. The number of hydrogen-bond acceptors (Lipinski definition) is 3. The van der Waals surface area contributed by atoms with Crippen LogP contribution in [0.2, 0.25) is 0 Å². The zero-order chi connectivity index (χ0) is 14.5. The van der Waals surface area contributed by atoms with Gasteiger partial charge in [0, 0.05) is 13.6 Å². The monoisotopic (exact) mass is 285 g/mol. The van der Waals surface area contributed by atoms with Crippen molar-refractivity contribution in [3.8, 4) is 0 Å². The molecule has 19 heavy (non-hydrogen) atoms. The van der Waals surface area contributed by atoms with E-state index in [1.165, 1.54) is 4.31 Å². The van der Waals surface area contributed by atoms with Crippen LogP contribution in [0.1, 0.15) is 17.5 Å². The molecule has 0 saturated heterocycles. The summed E-state index contributed by atoms with van der Waals surface area (Å²) in [6.45, 7) is 5.24. The first kappa shape index (κ1) is 15.9. The Bertz CT molecular complexity index is 515. The molecule has 5 nitrogen and oxygen atoms in total. The fourth-order valence-corrected chi connectivity index (χ4v) is 2.58. The highest BCUT2D eigenvalue weighted by atomic mass is 32.2. The Labute approximate surface area is 116 Å². The molecular weight excluding hydrogens is 262 g/mol. The van der Waals surface area contributed by atoms with Crippen molar-refractivity contribution in [1.29, 1.82) is 0 Å². The molecular formula is C13H23N3O2S. The molecule has 0 atom stereocenters. The van der Waals surface area contributed by atoms with Gasteiger partial charge in [0.1, 0.15) is 0 Å². The number of anilines is 1. The third kappa shape index (κ3) is 4.81. The molecule has 0 unspecified atom stereocenters. The number of benzene rings is 1. The molecule has 0 bridgehead atoms. The van der Waals surface area contributed by atoms with Gasteiger partial charge in [0.25, 0.3) is 0 Å². The van der Waals surface area contributed by atoms with Crippen molar-refractivity contribution in [1.82, 2.24) is 9.62 Å². The van der Waals surface area contributed by atoms with Crippen LogP contribution in [0, 0.1) is 13.8 Å². The Morgan fingerprint density at radius 3 is 2.47 bits per heavy atom. The largest absolute Gasteiger partial charge is 0.320 e. The lowest BCUT2D eigenvalue weighted by Crippen LogP contribution is -2.34. The molecule has 1 aromatic carbocycles. The molecule has 108 valence electrons. The molecule has 0 radical (unpaired) electrons. The summed E-state index contributed by atoms with van der Waals surface area (Å²) < 4.78 is 28.1. The van der Waals surface area contributed by atoms with E-state index < -0.39 is 10.2 Å². The molecule has 0 fully saturated rings. The maximum atomic E-state index is 12.1. The Kier molecular flexibility index (Phi) is 5.78. The summed E-state index contributed by atoms with van der Waals surface area (Å²) in [7, 11) is -0.0364. The van der Waals surface area contributed by atoms with Crippen LogP contribution in [0.15, 0.2) is 18.2 Å². The molecule has 1 aromatic rings. The van der Waals surface area contributed by atoms with E-state index in [9.17, 15) is 8.42 Å². The number of aryl methyl sites for hydroxylation is 2.